The molecule has 0 radical (unpaired) electrons. The Balaban J connectivity index is 1.62. The summed E-state index contributed by atoms with van der Waals surface area (Å²) in [6, 6.07) is 20.1. The molecule has 27 heavy (non-hydrogen) atoms. The minimum atomic E-state index is -0.563. The zero-order chi connectivity index (χ0) is 19.1. The normalized spacial score (nSPS) is 9.93. The summed E-state index contributed by atoms with van der Waals surface area (Å²) in [5.74, 6) is 0.758. The number of rotatable bonds is 5. The standard InChI is InChI=1S/C21H17N3O3/c1-15-11-20(27-19-10-6-5-9-17(19)12-22)23-13-18(15)24-21(25)26-14-16-7-3-2-4-8-16/h2-11,13H,14H2,1H3,(H,24,25). The Hall–Kier alpha value is -3.85. The molecule has 1 N–H and O–H groups in total. The molecular formula is C21H17N3O3. The molecule has 0 unspecified atom stereocenters. The average molecular weight is 359 g/mol. The molecule has 0 atom stereocenters. The third-order valence-electron chi connectivity index (χ3n) is 3.76. The summed E-state index contributed by atoms with van der Waals surface area (Å²) < 4.78 is 10.9. The lowest BCUT2D eigenvalue weighted by molar-refractivity contribution is 0.155. The van der Waals surface area contributed by atoms with Gasteiger partial charge in [-0.3, -0.25) is 5.32 Å². The zero-order valence-corrected chi connectivity index (χ0v) is 14.7. The van der Waals surface area contributed by atoms with Crippen molar-refractivity contribution in [3.05, 3.63) is 83.6 Å². The second-order valence-electron chi connectivity index (χ2n) is 5.73. The minimum absolute atomic E-state index is 0.186. The number of nitrogens with zero attached hydrogens (tertiary/aromatic N) is 2. The first-order chi connectivity index (χ1) is 13.2. The number of carbonyl (C=O) groups excluding carboxylic acids is 1. The Labute approximate surface area is 157 Å². The number of aryl methyl sites for hydroxylation is 1. The average Bonchev–Trinajstić information content (AvgIpc) is 2.70. The summed E-state index contributed by atoms with van der Waals surface area (Å²) in [5.41, 5.74) is 2.60. The van der Waals surface area contributed by atoms with Crippen molar-refractivity contribution in [1.29, 1.82) is 5.26 Å². The van der Waals surface area contributed by atoms with E-state index in [9.17, 15) is 4.79 Å². The van der Waals surface area contributed by atoms with E-state index < -0.39 is 6.09 Å². The number of para-hydroxylation sites is 1. The molecule has 0 aliphatic heterocycles. The van der Waals surface area contributed by atoms with Gasteiger partial charge in [0.2, 0.25) is 5.88 Å². The Morgan fingerprint density at radius 2 is 1.89 bits per heavy atom. The molecule has 0 saturated heterocycles. The Bertz CT molecular complexity index is 981. The number of benzene rings is 2. The van der Waals surface area contributed by atoms with E-state index in [0.29, 0.717) is 22.9 Å². The van der Waals surface area contributed by atoms with Crippen LogP contribution in [0.15, 0.2) is 66.9 Å². The van der Waals surface area contributed by atoms with Crippen LogP contribution < -0.4 is 10.1 Å². The van der Waals surface area contributed by atoms with Crippen molar-refractivity contribution in [2.24, 2.45) is 0 Å². The second-order valence-corrected chi connectivity index (χ2v) is 5.73. The van der Waals surface area contributed by atoms with Crippen LogP contribution >= 0.6 is 0 Å². The molecule has 1 amide bonds. The Morgan fingerprint density at radius 1 is 1.15 bits per heavy atom. The maximum atomic E-state index is 12.0. The molecule has 0 bridgehead atoms. The van der Waals surface area contributed by atoms with Crippen molar-refractivity contribution in [3.63, 3.8) is 0 Å². The van der Waals surface area contributed by atoms with Gasteiger partial charge in [0.05, 0.1) is 17.4 Å². The summed E-state index contributed by atoms with van der Waals surface area (Å²) in [7, 11) is 0. The predicted molar refractivity (Wildman–Crippen MR) is 100 cm³/mol. The van der Waals surface area contributed by atoms with Gasteiger partial charge in [-0.15, -0.1) is 0 Å². The van der Waals surface area contributed by atoms with Crippen LogP contribution in [0, 0.1) is 18.3 Å². The molecule has 6 heteroatoms. The van der Waals surface area contributed by atoms with E-state index in [2.05, 4.69) is 16.4 Å². The highest BCUT2D eigenvalue weighted by molar-refractivity contribution is 5.85. The monoisotopic (exact) mass is 359 g/mol. The molecule has 0 spiro atoms. The molecule has 0 saturated carbocycles. The van der Waals surface area contributed by atoms with Crippen molar-refractivity contribution in [2.75, 3.05) is 5.32 Å². The maximum Gasteiger partial charge on any atom is 0.412 e. The van der Waals surface area contributed by atoms with E-state index in [-0.39, 0.29) is 6.61 Å². The number of anilines is 1. The summed E-state index contributed by atoms with van der Waals surface area (Å²) in [5, 5.41) is 11.8. The number of pyridine rings is 1. The molecule has 1 aromatic heterocycles. The highest BCUT2D eigenvalue weighted by Crippen LogP contribution is 2.26. The predicted octanol–water partition coefficient (Wildman–Crippen LogP) is 4.80. The second kappa shape index (κ2) is 8.50. The van der Waals surface area contributed by atoms with E-state index in [1.165, 1.54) is 6.20 Å². The van der Waals surface area contributed by atoms with E-state index in [4.69, 9.17) is 14.7 Å². The van der Waals surface area contributed by atoms with Crippen LogP contribution in [0.4, 0.5) is 10.5 Å². The van der Waals surface area contributed by atoms with Crippen molar-refractivity contribution in [1.82, 2.24) is 4.98 Å². The Morgan fingerprint density at radius 3 is 2.63 bits per heavy atom. The summed E-state index contributed by atoms with van der Waals surface area (Å²) >= 11 is 0. The first-order valence-electron chi connectivity index (χ1n) is 8.27. The van der Waals surface area contributed by atoms with Crippen molar-refractivity contribution < 1.29 is 14.3 Å². The number of hydrogen-bond donors (Lipinski definition) is 1. The number of amides is 1. The minimum Gasteiger partial charge on any atom is -0.444 e. The molecule has 0 aliphatic rings. The van der Waals surface area contributed by atoms with Gasteiger partial charge in [-0.2, -0.15) is 5.26 Å². The first kappa shape index (κ1) is 18.0. The number of hydrogen-bond acceptors (Lipinski definition) is 5. The lowest BCUT2D eigenvalue weighted by atomic mass is 10.2. The van der Waals surface area contributed by atoms with Gasteiger partial charge in [-0.25, -0.2) is 9.78 Å². The zero-order valence-electron chi connectivity index (χ0n) is 14.7. The van der Waals surface area contributed by atoms with Gasteiger partial charge in [-0.05, 0) is 30.2 Å². The topological polar surface area (TPSA) is 84.2 Å². The van der Waals surface area contributed by atoms with E-state index in [1.54, 1.807) is 30.3 Å². The van der Waals surface area contributed by atoms with Crippen LogP contribution in [-0.4, -0.2) is 11.1 Å². The first-order valence-corrected chi connectivity index (χ1v) is 8.27. The lowest BCUT2D eigenvalue weighted by Gasteiger charge is -2.11. The van der Waals surface area contributed by atoms with Crippen LogP contribution in [0.3, 0.4) is 0 Å². The summed E-state index contributed by atoms with van der Waals surface area (Å²) in [6.07, 6.45) is 0.927. The number of nitrogens with one attached hydrogen (secondary N) is 1. The third kappa shape index (κ3) is 4.83. The van der Waals surface area contributed by atoms with Crippen LogP contribution in [0.2, 0.25) is 0 Å². The highest BCUT2D eigenvalue weighted by Gasteiger charge is 2.10. The van der Waals surface area contributed by atoms with Crippen LogP contribution in [0.1, 0.15) is 16.7 Å². The number of ether oxygens (including phenoxy) is 2. The smallest absolute Gasteiger partial charge is 0.412 e. The molecule has 6 nitrogen and oxygen atoms in total. The molecule has 2 aromatic carbocycles. The molecule has 3 aromatic rings. The lowest BCUT2D eigenvalue weighted by Crippen LogP contribution is -2.14. The van der Waals surface area contributed by atoms with Crippen LogP contribution in [-0.2, 0) is 11.3 Å². The molecular weight excluding hydrogens is 342 g/mol. The van der Waals surface area contributed by atoms with Gasteiger partial charge in [0.1, 0.15) is 18.4 Å². The fourth-order valence-corrected chi connectivity index (χ4v) is 2.35. The SMILES string of the molecule is Cc1cc(Oc2ccccc2C#N)ncc1NC(=O)OCc1ccccc1. The highest BCUT2D eigenvalue weighted by atomic mass is 16.5. The van der Waals surface area contributed by atoms with Crippen LogP contribution in [0.5, 0.6) is 11.6 Å². The summed E-state index contributed by atoms with van der Waals surface area (Å²) in [4.78, 5) is 16.1. The fraction of sp³-hybridized carbons (Fsp3) is 0.0952. The van der Waals surface area contributed by atoms with E-state index in [0.717, 1.165) is 11.1 Å². The van der Waals surface area contributed by atoms with Crippen molar-refractivity contribution >= 4 is 11.8 Å². The molecule has 134 valence electrons. The van der Waals surface area contributed by atoms with Gasteiger partial charge in [0, 0.05) is 6.07 Å². The van der Waals surface area contributed by atoms with Gasteiger partial charge in [0.25, 0.3) is 0 Å². The molecule has 3 rings (SSSR count). The molecule has 0 aliphatic carbocycles. The number of nitriles is 1. The number of carbonyl (C=O) groups is 1. The van der Waals surface area contributed by atoms with Crippen molar-refractivity contribution in [3.8, 4) is 17.7 Å². The quantitative estimate of drug-likeness (QED) is 0.707. The summed E-state index contributed by atoms with van der Waals surface area (Å²) in [6.45, 7) is 2.00. The molecule has 1 heterocycles. The van der Waals surface area contributed by atoms with E-state index >= 15 is 0 Å². The maximum absolute atomic E-state index is 12.0. The number of aromatic nitrogens is 1. The van der Waals surface area contributed by atoms with Gasteiger partial charge < -0.3 is 9.47 Å². The fourth-order valence-electron chi connectivity index (χ4n) is 2.35. The van der Waals surface area contributed by atoms with Crippen LogP contribution in [0.25, 0.3) is 0 Å². The van der Waals surface area contributed by atoms with Crippen molar-refractivity contribution in [2.45, 2.75) is 13.5 Å². The van der Waals surface area contributed by atoms with Gasteiger partial charge in [-0.1, -0.05) is 42.5 Å². The largest absolute Gasteiger partial charge is 0.444 e. The van der Waals surface area contributed by atoms with Gasteiger partial charge in [0.15, 0.2) is 0 Å². The third-order valence-corrected chi connectivity index (χ3v) is 3.76. The van der Waals surface area contributed by atoms with Gasteiger partial charge >= 0.3 is 6.09 Å². The molecule has 0 fully saturated rings. The van der Waals surface area contributed by atoms with E-state index in [1.807, 2.05) is 37.3 Å². The Kier molecular flexibility index (Phi) is 5.65.